The van der Waals surface area contributed by atoms with Gasteiger partial charge < -0.3 is 9.42 Å². The van der Waals surface area contributed by atoms with E-state index in [-0.39, 0.29) is 17.3 Å². The number of carbonyl (C=O) groups excluding carboxylic acids is 1. The zero-order chi connectivity index (χ0) is 19.3. The maximum absolute atomic E-state index is 12.8. The minimum Gasteiger partial charge on any atom is -0.360 e. The van der Waals surface area contributed by atoms with Crippen LogP contribution in [0.3, 0.4) is 0 Å². The molecule has 0 atom stereocenters. The molecule has 2 heterocycles. The fraction of sp³-hybridized carbons (Fsp3) is 0.529. The first-order valence-electron chi connectivity index (χ1n) is 8.46. The molecular formula is C17H26N4O4S. The lowest BCUT2D eigenvalue weighted by Crippen LogP contribution is -2.51. The van der Waals surface area contributed by atoms with E-state index in [1.165, 1.54) is 4.31 Å². The topological polar surface area (TPSA) is 87.0 Å². The van der Waals surface area contributed by atoms with E-state index < -0.39 is 10.0 Å². The molecule has 1 saturated heterocycles. The highest BCUT2D eigenvalue weighted by Gasteiger charge is 2.33. The largest absolute Gasteiger partial charge is 0.360 e. The minimum atomic E-state index is -3.64. The van der Waals surface area contributed by atoms with Crippen molar-refractivity contribution < 1.29 is 17.7 Å². The van der Waals surface area contributed by atoms with Crippen molar-refractivity contribution >= 4 is 15.9 Å². The zero-order valence-corrected chi connectivity index (χ0v) is 16.2. The molecule has 1 aliphatic heterocycles. The molecule has 1 amide bonds. The normalized spacial score (nSPS) is 16.4. The molecule has 0 aliphatic carbocycles. The van der Waals surface area contributed by atoms with Crippen LogP contribution >= 0.6 is 0 Å². The van der Waals surface area contributed by atoms with Crippen molar-refractivity contribution in [2.45, 2.75) is 18.7 Å². The van der Waals surface area contributed by atoms with Crippen molar-refractivity contribution in [2.24, 2.45) is 0 Å². The highest BCUT2D eigenvalue weighted by molar-refractivity contribution is 7.89. The maximum atomic E-state index is 12.8. The molecule has 0 aromatic carbocycles. The van der Waals surface area contributed by atoms with E-state index in [1.54, 1.807) is 30.9 Å². The van der Waals surface area contributed by atoms with Gasteiger partial charge in [-0.2, -0.15) is 4.31 Å². The molecule has 1 fully saturated rings. The number of rotatable bonds is 8. The number of hydrogen-bond donors (Lipinski definition) is 0. The standard InChI is InChI=1S/C17H26N4O4S/c1-5-7-20(8-6-2)16(22)13-19-9-11-21(12-10-19)26(23,24)17-14(3)18-25-15(17)4/h5-6H,1-2,7-13H2,3-4H3. The molecule has 1 aromatic rings. The van der Waals surface area contributed by atoms with Crippen LogP contribution in [0.2, 0.25) is 0 Å². The first-order chi connectivity index (χ1) is 12.3. The summed E-state index contributed by atoms with van der Waals surface area (Å²) >= 11 is 0. The summed E-state index contributed by atoms with van der Waals surface area (Å²) in [6, 6.07) is 0. The smallest absolute Gasteiger partial charge is 0.248 e. The van der Waals surface area contributed by atoms with E-state index in [1.807, 2.05) is 4.90 Å². The minimum absolute atomic E-state index is 0.0215. The predicted octanol–water partition coefficient (Wildman–Crippen LogP) is 0.798. The second-order valence-corrected chi connectivity index (χ2v) is 8.08. The van der Waals surface area contributed by atoms with Crippen LogP contribution in [0.5, 0.6) is 0 Å². The molecule has 1 aliphatic rings. The van der Waals surface area contributed by atoms with E-state index in [4.69, 9.17) is 4.52 Å². The number of aromatic nitrogens is 1. The molecule has 26 heavy (non-hydrogen) atoms. The monoisotopic (exact) mass is 382 g/mol. The van der Waals surface area contributed by atoms with Crippen molar-refractivity contribution in [3.8, 4) is 0 Å². The second kappa shape index (κ2) is 8.61. The molecule has 0 unspecified atom stereocenters. The molecule has 8 nitrogen and oxygen atoms in total. The summed E-state index contributed by atoms with van der Waals surface area (Å²) < 4.78 is 32.0. The van der Waals surface area contributed by atoms with E-state index in [0.717, 1.165) is 0 Å². The maximum Gasteiger partial charge on any atom is 0.248 e. The molecule has 0 bridgehead atoms. The second-order valence-electron chi connectivity index (χ2n) is 6.21. The van der Waals surface area contributed by atoms with Gasteiger partial charge in [-0.3, -0.25) is 9.69 Å². The number of nitrogens with zero attached hydrogens (tertiary/aromatic N) is 4. The fourth-order valence-corrected chi connectivity index (χ4v) is 4.69. The first-order valence-corrected chi connectivity index (χ1v) is 9.90. The Labute approximate surface area is 154 Å². The molecule has 0 spiro atoms. The van der Waals surface area contributed by atoms with E-state index in [0.29, 0.717) is 50.7 Å². The van der Waals surface area contributed by atoms with Crippen molar-refractivity contribution in [2.75, 3.05) is 45.8 Å². The van der Waals surface area contributed by atoms with Gasteiger partial charge >= 0.3 is 0 Å². The van der Waals surface area contributed by atoms with E-state index in [2.05, 4.69) is 18.3 Å². The van der Waals surface area contributed by atoms with Gasteiger partial charge in [-0.25, -0.2) is 8.42 Å². The van der Waals surface area contributed by atoms with Gasteiger partial charge in [-0.05, 0) is 13.8 Å². The Hall–Kier alpha value is -1.97. The van der Waals surface area contributed by atoms with Crippen molar-refractivity contribution in [1.29, 1.82) is 0 Å². The lowest BCUT2D eigenvalue weighted by Gasteiger charge is -2.34. The predicted molar refractivity (Wildman–Crippen MR) is 98.1 cm³/mol. The molecule has 1 aromatic heterocycles. The third kappa shape index (κ3) is 4.40. The Morgan fingerprint density at radius 3 is 2.23 bits per heavy atom. The lowest BCUT2D eigenvalue weighted by molar-refractivity contribution is -0.131. The van der Waals surface area contributed by atoms with Crippen LogP contribution in [-0.4, -0.2) is 79.4 Å². The van der Waals surface area contributed by atoms with Gasteiger partial charge in [-0.1, -0.05) is 17.3 Å². The van der Waals surface area contributed by atoms with Crippen molar-refractivity contribution in [3.05, 3.63) is 36.8 Å². The highest BCUT2D eigenvalue weighted by atomic mass is 32.2. The van der Waals surface area contributed by atoms with Crippen molar-refractivity contribution in [3.63, 3.8) is 0 Å². The van der Waals surface area contributed by atoms with Gasteiger partial charge in [0.25, 0.3) is 0 Å². The number of sulfonamides is 1. The fourth-order valence-electron chi connectivity index (χ4n) is 2.98. The third-order valence-corrected chi connectivity index (χ3v) is 6.45. The van der Waals surface area contributed by atoms with Gasteiger partial charge in [0, 0.05) is 39.3 Å². The molecule has 9 heteroatoms. The summed E-state index contributed by atoms with van der Waals surface area (Å²) in [5.74, 6) is 0.274. The molecule has 2 rings (SSSR count). The average Bonchev–Trinajstić information content (AvgIpc) is 2.94. The Bertz CT molecular complexity index is 734. The van der Waals surface area contributed by atoms with Crippen LogP contribution in [0.1, 0.15) is 11.5 Å². The first kappa shape index (κ1) is 20.3. The van der Waals surface area contributed by atoms with E-state index >= 15 is 0 Å². The van der Waals surface area contributed by atoms with E-state index in [9.17, 15) is 13.2 Å². The molecule has 0 saturated carbocycles. The lowest BCUT2D eigenvalue weighted by atomic mass is 10.3. The Balaban J connectivity index is 1.97. The Morgan fingerprint density at radius 2 is 1.77 bits per heavy atom. The van der Waals surface area contributed by atoms with Crippen LogP contribution in [0.25, 0.3) is 0 Å². The number of aryl methyl sites for hydroxylation is 2. The number of piperazine rings is 1. The van der Waals surface area contributed by atoms with Crippen LogP contribution in [0.15, 0.2) is 34.7 Å². The van der Waals surface area contributed by atoms with Crippen molar-refractivity contribution in [1.82, 2.24) is 19.3 Å². The SMILES string of the molecule is C=CCN(CC=C)C(=O)CN1CCN(S(=O)(=O)c2c(C)noc2C)CC1. The summed E-state index contributed by atoms with van der Waals surface area (Å²) in [5.41, 5.74) is 0.365. The van der Waals surface area contributed by atoms with Crippen LogP contribution in [0, 0.1) is 13.8 Å². The van der Waals surface area contributed by atoms with Gasteiger partial charge in [0.15, 0.2) is 5.76 Å². The molecule has 144 valence electrons. The number of carbonyl (C=O) groups is 1. The van der Waals surface area contributed by atoms with Gasteiger partial charge in [0.05, 0.1) is 6.54 Å². The van der Waals surface area contributed by atoms with Gasteiger partial charge in [-0.15, -0.1) is 13.2 Å². The highest BCUT2D eigenvalue weighted by Crippen LogP contribution is 2.24. The summed E-state index contributed by atoms with van der Waals surface area (Å²) in [6.07, 6.45) is 3.35. The van der Waals surface area contributed by atoms with Crippen LogP contribution < -0.4 is 0 Å². The van der Waals surface area contributed by atoms with Crippen LogP contribution in [0.4, 0.5) is 0 Å². The Kier molecular flexibility index (Phi) is 6.74. The molecule has 0 radical (unpaired) electrons. The Morgan fingerprint density at radius 1 is 1.19 bits per heavy atom. The quantitative estimate of drug-likeness (QED) is 0.618. The summed E-state index contributed by atoms with van der Waals surface area (Å²) in [7, 11) is -3.64. The van der Waals surface area contributed by atoms with Gasteiger partial charge in [0.2, 0.25) is 15.9 Å². The average molecular weight is 382 g/mol. The zero-order valence-electron chi connectivity index (χ0n) is 15.3. The number of hydrogen-bond acceptors (Lipinski definition) is 6. The van der Waals surface area contributed by atoms with Gasteiger partial charge in [0.1, 0.15) is 10.6 Å². The summed E-state index contributed by atoms with van der Waals surface area (Å²) in [4.78, 5) is 16.1. The molecular weight excluding hydrogens is 356 g/mol. The third-order valence-electron chi connectivity index (χ3n) is 4.31. The summed E-state index contributed by atoms with van der Waals surface area (Å²) in [5, 5.41) is 3.73. The number of amides is 1. The summed E-state index contributed by atoms with van der Waals surface area (Å²) in [6.45, 7) is 13.3. The molecule has 0 N–H and O–H groups in total. The van der Waals surface area contributed by atoms with Crippen LogP contribution in [-0.2, 0) is 14.8 Å².